The largest absolute Gasteiger partial charge is 0.395 e. The molecule has 0 aliphatic rings. The van der Waals surface area contributed by atoms with Crippen LogP contribution in [0.25, 0.3) is 0 Å². The van der Waals surface area contributed by atoms with E-state index in [0.29, 0.717) is 12.1 Å². The van der Waals surface area contributed by atoms with E-state index >= 15 is 0 Å². The van der Waals surface area contributed by atoms with E-state index in [2.05, 4.69) is 15.7 Å². The maximum Gasteiger partial charge on any atom is 0.322 e. The van der Waals surface area contributed by atoms with Crippen LogP contribution in [0, 0.1) is 17.5 Å². The summed E-state index contributed by atoms with van der Waals surface area (Å²) in [4.78, 5) is 25.2. The van der Waals surface area contributed by atoms with Crippen molar-refractivity contribution < 1.29 is 27.9 Å². The maximum absolute atomic E-state index is 13.2. The van der Waals surface area contributed by atoms with Gasteiger partial charge in [-0.15, -0.1) is 0 Å². The lowest BCUT2D eigenvalue weighted by atomic mass is 10.2. The highest BCUT2D eigenvalue weighted by Crippen LogP contribution is 2.18. The number of rotatable bonds is 5. The van der Waals surface area contributed by atoms with Crippen LogP contribution in [0.4, 0.5) is 29.5 Å². The molecule has 140 valence electrons. The second-order valence-corrected chi connectivity index (χ2v) is 5.32. The van der Waals surface area contributed by atoms with Crippen LogP contribution in [0.2, 0.25) is 0 Å². The molecule has 0 aliphatic carbocycles. The molecule has 0 saturated carbocycles. The number of aliphatic hydroxyl groups excluding tert-OH is 1. The zero-order valence-corrected chi connectivity index (χ0v) is 13.9. The van der Waals surface area contributed by atoms with Crippen molar-refractivity contribution in [2.75, 3.05) is 30.8 Å². The van der Waals surface area contributed by atoms with Gasteiger partial charge in [-0.25, -0.2) is 18.0 Å². The number of nitrogens with zero attached hydrogens (tertiary/aromatic N) is 3. The van der Waals surface area contributed by atoms with Crippen molar-refractivity contribution in [3.8, 4) is 0 Å². The summed E-state index contributed by atoms with van der Waals surface area (Å²) in [5.41, 5.74) is -0.295. The van der Waals surface area contributed by atoms with Gasteiger partial charge >= 0.3 is 6.03 Å². The van der Waals surface area contributed by atoms with Gasteiger partial charge in [0.1, 0.15) is 5.69 Å². The van der Waals surface area contributed by atoms with Crippen molar-refractivity contribution in [3.63, 3.8) is 0 Å². The minimum absolute atomic E-state index is 0.0183. The van der Waals surface area contributed by atoms with Crippen molar-refractivity contribution in [1.82, 2.24) is 14.7 Å². The predicted molar refractivity (Wildman–Crippen MR) is 86.2 cm³/mol. The number of amides is 3. The molecule has 1 aromatic carbocycles. The molecule has 11 heteroatoms. The van der Waals surface area contributed by atoms with Gasteiger partial charge in [-0.1, -0.05) is 0 Å². The average molecular weight is 371 g/mol. The standard InChI is InChI=1S/C15H16F3N5O3/c1-22(3-4-24)15(26)20-12-7-11(23(2)21-12)14(25)19-8-5-9(16)13(18)10(17)6-8/h5-7,24H,3-4H2,1-2H3,(H,19,25)(H,20,21,26). The van der Waals surface area contributed by atoms with Crippen LogP contribution in [-0.4, -0.2) is 51.9 Å². The summed E-state index contributed by atoms with van der Waals surface area (Å²) in [7, 11) is 2.88. The number of carbonyl (C=O) groups excluding carboxylic acids is 2. The molecule has 0 bridgehead atoms. The van der Waals surface area contributed by atoms with Crippen LogP contribution in [0.3, 0.4) is 0 Å². The molecular weight excluding hydrogens is 355 g/mol. The fourth-order valence-electron chi connectivity index (χ4n) is 2.02. The number of hydrogen-bond donors (Lipinski definition) is 3. The Kier molecular flexibility index (Phi) is 5.82. The smallest absolute Gasteiger partial charge is 0.322 e. The Labute approximate surface area is 146 Å². The zero-order valence-electron chi connectivity index (χ0n) is 13.9. The molecule has 0 fully saturated rings. The second kappa shape index (κ2) is 7.87. The number of carbonyl (C=O) groups is 2. The molecule has 0 saturated heterocycles. The van der Waals surface area contributed by atoms with Crippen LogP contribution in [-0.2, 0) is 7.05 Å². The summed E-state index contributed by atoms with van der Waals surface area (Å²) < 4.78 is 40.5. The lowest BCUT2D eigenvalue weighted by Crippen LogP contribution is -2.33. The van der Waals surface area contributed by atoms with E-state index in [4.69, 9.17) is 5.11 Å². The fourth-order valence-corrected chi connectivity index (χ4v) is 2.02. The second-order valence-electron chi connectivity index (χ2n) is 5.32. The highest BCUT2D eigenvalue weighted by Gasteiger charge is 2.18. The first kappa shape index (κ1) is 19.2. The van der Waals surface area contributed by atoms with Gasteiger partial charge in [0.05, 0.1) is 6.61 Å². The normalized spacial score (nSPS) is 10.5. The van der Waals surface area contributed by atoms with Gasteiger partial charge in [0.25, 0.3) is 5.91 Å². The minimum Gasteiger partial charge on any atom is -0.395 e. The third-order valence-electron chi connectivity index (χ3n) is 3.37. The summed E-state index contributed by atoms with van der Waals surface area (Å²) in [5, 5.41) is 17.4. The van der Waals surface area contributed by atoms with Crippen molar-refractivity contribution in [2.45, 2.75) is 0 Å². The van der Waals surface area contributed by atoms with Crippen molar-refractivity contribution in [3.05, 3.63) is 41.3 Å². The lowest BCUT2D eigenvalue weighted by Gasteiger charge is -2.15. The number of nitrogens with one attached hydrogen (secondary N) is 2. The van der Waals surface area contributed by atoms with E-state index in [1.165, 1.54) is 25.1 Å². The van der Waals surface area contributed by atoms with Gasteiger partial charge in [0, 0.05) is 44.5 Å². The van der Waals surface area contributed by atoms with Crippen molar-refractivity contribution in [1.29, 1.82) is 0 Å². The van der Waals surface area contributed by atoms with Gasteiger partial charge in [-0.3, -0.25) is 14.8 Å². The molecule has 0 radical (unpaired) electrons. The summed E-state index contributed by atoms with van der Waals surface area (Å²) >= 11 is 0. The van der Waals surface area contributed by atoms with Gasteiger partial charge in [0.2, 0.25) is 0 Å². The molecule has 1 heterocycles. The van der Waals surface area contributed by atoms with Crippen LogP contribution in [0.15, 0.2) is 18.2 Å². The van der Waals surface area contributed by atoms with E-state index in [-0.39, 0.29) is 30.4 Å². The number of hydrogen-bond acceptors (Lipinski definition) is 4. The molecule has 8 nitrogen and oxygen atoms in total. The number of likely N-dealkylation sites (N-methyl/N-ethyl adjacent to an activating group) is 1. The van der Waals surface area contributed by atoms with Gasteiger partial charge in [-0.05, 0) is 0 Å². The number of aromatic nitrogens is 2. The van der Waals surface area contributed by atoms with E-state index in [9.17, 15) is 22.8 Å². The summed E-state index contributed by atoms with van der Waals surface area (Å²) in [6.07, 6.45) is 0. The molecule has 3 N–H and O–H groups in total. The molecule has 2 rings (SSSR count). The first-order chi connectivity index (χ1) is 12.2. The molecule has 2 aromatic rings. The van der Waals surface area contributed by atoms with Crippen LogP contribution in [0.1, 0.15) is 10.5 Å². The van der Waals surface area contributed by atoms with Crippen LogP contribution < -0.4 is 10.6 Å². The highest BCUT2D eigenvalue weighted by molar-refractivity contribution is 6.04. The molecule has 3 amide bonds. The Hall–Kier alpha value is -3.08. The molecular formula is C15H16F3N5O3. The van der Waals surface area contributed by atoms with Gasteiger partial charge in [-0.2, -0.15) is 5.10 Å². The first-order valence-electron chi connectivity index (χ1n) is 7.35. The molecule has 0 spiro atoms. The van der Waals surface area contributed by atoms with Crippen molar-refractivity contribution >= 4 is 23.4 Å². The Morgan fingerprint density at radius 3 is 2.38 bits per heavy atom. The van der Waals surface area contributed by atoms with E-state index in [1.54, 1.807) is 0 Å². The number of aliphatic hydroxyl groups is 1. The predicted octanol–water partition coefficient (Wildman–Crippen LogP) is 1.55. The highest BCUT2D eigenvalue weighted by atomic mass is 19.2. The third-order valence-corrected chi connectivity index (χ3v) is 3.37. The Balaban J connectivity index is 2.13. The van der Waals surface area contributed by atoms with Crippen LogP contribution >= 0.6 is 0 Å². The molecule has 0 atom stereocenters. The Morgan fingerprint density at radius 2 is 1.81 bits per heavy atom. The van der Waals surface area contributed by atoms with Gasteiger partial charge in [0.15, 0.2) is 23.3 Å². The summed E-state index contributed by atoms with van der Waals surface area (Å²) in [5.74, 6) is -5.23. The maximum atomic E-state index is 13.2. The molecule has 26 heavy (non-hydrogen) atoms. The summed E-state index contributed by atoms with van der Waals surface area (Å²) in [6.45, 7) is -0.113. The van der Waals surface area contributed by atoms with E-state index < -0.39 is 29.4 Å². The molecule has 1 aromatic heterocycles. The van der Waals surface area contributed by atoms with E-state index in [1.807, 2.05) is 0 Å². The quantitative estimate of drug-likeness (QED) is 0.695. The minimum atomic E-state index is -1.64. The number of anilines is 2. The zero-order chi connectivity index (χ0) is 19.4. The van der Waals surface area contributed by atoms with Crippen LogP contribution in [0.5, 0.6) is 0 Å². The average Bonchev–Trinajstić information content (AvgIpc) is 2.93. The number of halogens is 3. The number of aryl methyl sites for hydroxylation is 1. The monoisotopic (exact) mass is 371 g/mol. The topological polar surface area (TPSA) is 99.5 Å². The van der Waals surface area contributed by atoms with E-state index in [0.717, 1.165) is 4.68 Å². The summed E-state index contributed by atoms with van der Waals surface area (Å²) in [6, 6.07) is 1.97. The number of benzene rings is 1. The Bertz CT molecular complexity index is 817. The van der Waals surface area contributed by atoms with Crippen molar-refractivity contribution in [2.24, 2.45) is 7.05 Å². The Morgan fingerprint density at radius 1 is 1.19 bits per heavy atom. The van der Waals surface area contributed by atoms with Gasteiger partial charge < -0.3 is 15.3 Å². The third kappa shape index (κ3) is 4.30. The fraction of sp³-hybridized carbons (Fsp3) is 0.267. The number of urea groups is 1. The lowest BCUT2D eigenvalue weighted by molar-refractivity contribution is 0.101. The molecule has 0 aliphatic heterocycles. The SMILES string of the molecule is CN(CCO)C(=O)Nc1cc(C(=O)Nc2cc(F)c(F)c(F)c2)n(C)n1. The first-order valence-corrected chi connectivity index (χ1v) is 7.35. The molecule has 0 unspecified atom stereocenters.